The lowest BCUT2D eigenvalue weighted by Crippen LogP contribution is -2.00. The number of ether oxygens (including phenoxy) is 1. The average Bonchev–Trinajstić information content (AvgIpc) is 3.21. The van der Waals surface area contributed by atoms with E-state index in [1.165, 1.54) is 0 Å². The van der Waals surface area contributed by atoms with Crippen molar-refractivity contribution in [3.05, 3.63) is 71.6 Å². The summed E-state index contributed by atoms with van der Waals surface area (Å²) in [6.07, 6.45) is 5.80. The molecule has 0 aliphatic carbocycles. The fourth-order valence-electron chi connectivity index (χ4n) is 2.58. The molecule has 0 bridgehead atoms. The van der Waals surface area contributed by atoms with Gasteiger partial charge in [-0.2, -0.15) is 5.10 Å². The number of hydrogen-bond donors (Lipinski definition) is 0. The molecular weight excluding hydrogens is 324 g/mol. The third kappa shape index (κ3) is 2.86. The Morgan fingerprint density at radius 1 is 1.04 bits per heavy atom. The molecule has 24 heavy (non-hydrogen) atoms. The molecule has 0 saturated heterocycles. The summed E-state index contributed by atoms with van der Waals surface area (Å²) in [5.74, 6) is 0.850. The summed E-state index contributed by atoms with van der Waals surface area (Å²) in [5, 5.41) is 5.28. The SMILES string of the molecule is COc1ccc(Cn2ccc(-c3cn4ccc(Cl)cc4n3)n2)cc1. The van der Waals surface area contributed by atoms with E-state index in [1.807, 2.05) is 70.1 Å². The van der Waals surface area contributed by atoms with Crippen LogP contribution < -0.4 is 4.74 Å². The Morgan fingerprint density at radius 3 is 2.67 bits per heavy atom. The van der Waals surface area contributed by atoms with Crippen LogP contribution >= 0.6 is 11.6 Å². The predicted molar refractivity (Wildman–Crippen MR) is 93.5 cm³/mol. The van der Waals surface area contributed by atoms with Crippen molar-refractivity contribution < 1.29 is 4.74 Å². The van der Waals surface area contributed by atoms with E-state index in [-0.39, 0.29) is 0 Å². The first-order chi connectivity index (χ1) is 11.7. The number of pyridine rings is 1. The van der Waals surface area contributed by atoms with Crippen LogP contribution in [0, 0.1) is 0 Å². The molecule has 120 valence electrons. The van der Waals surface area contributed by atoms with Crippen molar-refractivity contribution in [2.24, 2.45) is 0 Å². The summed E-state index contributed by atoms with van der Waals surface area (Å²) in [4.78, 5) is 4.57. The molecule has 0 N–H and O–H groups in total. The molecule has 1 aromatic carbocycles. The number of imidazole rings is 1. The van der Waals surface area contributed by atoms with Gasteiger partial charge in [0, 0.05) is 29.7 Å². The van der Waals surface area contributed by atoms with E-state index in [0.717, 1.165) is 28.3 Å². The second kappa shape index (κ2) is 6.02. The fraction of sp³-hybridized carbons (Fsp3) is 0.111. The van der Waals surface area contributed by atoms with Crippen molar-refractivity contribution in [3.8, 4) is 17.1 Å². The van der Waals surface area contributed by atoms with Crippen LogP contribution in [0.1, 0.15) is 5.56 Å². The fourth-order valence-corrected chi connectivity index (χ4v) is 2.74. The summed E-state index contributed by atoms with van der Waals surface area (Å²) < 4.78 is 9.01. The number of aromatic nitrogens is 4. The number of hydrogen-bond acceptors (Lipinski definition) is 3. The zero-order valence-corrected chi connectivity index (χ0v) is 13.8. The van der Waals surface area contributed by atoms with Gasteiger partial charge in [-0.05, 0) is 29.8 Å². The van der Waals surface area contributed by atoms with Crippen LogP contribution in [0.15, 0.2) is 61.1 Å². The summed E-state index contributed by atoms with van der Waals surface area (Å²) in [5.41, 5.74) is 3.63. The topological polar surface area (TPSA) is 44.4 Å². The molecular formula is C18H15ClN4O. The highest BCUT2D eigenvalue weighted by Crippen LogP contribution is 2.20. The zero-order valence-electron chi connectivity index (χ0n) is 13.1. The van der Waals surface area contributed by atoms with E-state index in [1.54, 1.807) is 7.11 Å². The maximum atomic E-state index is 6.01. The lowest BCUT2D eigenvalue weighted by atomic mass is 10.2. The minimum atomic E-state index is 0.671. The summed E-state index contributed by atoms with van der Waals surface area (Å²) in [6.45, 7) is 0.698. The van der Waals surface area contributed by atoms with Gasteiger partial charge in [-0.25, -0.2) is 4.98 Å². The lowest BCUT2D eigenvalue weighted by Gasteiger charge is -2.03. The Morgan fingerprint density at radius 2 is 1.88 bits per heavy atom. The van der Waals surface area contributed by atoms with Crippen molar-refractivity contribution in [1.82, 2.24) is 19.2 Å². The number of benzene rings is 1. The van der Waals surface area contributed by atoms with E-state index in [0.29, 0.717) is 11.6 Å². The normalized spacial score (nSPS) is 11.1. The quantitative estimate of drug-likeness (QED) is 0.566. The molecule has 0 amide bonds. The second-order valence-corrected chi connectivity index (χ2v) is 5.92. The molecule has 4 aromatic rings. The molecule has 0 radical (unpaired) electrons. The van der Waals surface area contributed by atoms with E-state index in [9.17, 15) is 0 Å². The summed E-state index contributed by atoms with van der Waals surface area (Å²) >= 11 is 6.01. The molecule has 0 aliphatic rings. The first-order valence-electron chi connectivity index (χ1n) is 7.52. The largest absolute Gasteiger partial charge is 0.497 e. The van der Waals surface area contributed by atoms with Crippen LogP contribution in [0.2, 0.25) is 5.02 Å². The molecule has 0 aliphatic heterocycles. The zero-order chi connectivity index (χ0) is 16.5. The molecule has 3 aromatic heterocycles. The number of methoxy groups -OCH3 is 1. The van der Waals surface area contributed by atoms with Gasteiger partial charge in [0.05, 0.1) is 13.7 Å². The van der Waals surface area contributed by atoms with Gasteiger partial charge in [0.2, 0.25) is 0 Å². The Balaban J connectivity index is 1.58. The molecule has 3 heterocycles. The van der Waals surface area contributed by atoms with E-state index < -0.39 is 0 Å². The minimum Gasteiger partial charge on any atom is -0.497 e. The van der Waals surface area contributed by atoms with Gasteiger partial charge >= 0.3 is 0 Å². The Kier molecular flexibility index (Phi) is 3.70. The van der Waals surface area contributed by atoms with Crippen LogP contribution in [0.3, 0.4) is 0 Å². The summed E-state index contributed by atoms with van der Waals surface area (Å²) in [6, 6.07) is 13.6. The maximum Gasteiger partial charge on any atom is 0.138 e. The van der Waals surface area contributed by atoms with Gasteiger partial charge in [0.15, 0.2) is 0 Å². The monoisotopic (exact) mass is 338 g/mol. The van der Waals surface area contributed by atoms with Gasteiger partial charge in [0.25, 0.3) is 0 Å². The smallest absolute Gasteiger partial charge is 0.138 e. The van der Waals surface area contributed by atoms with Gasteiger partial charge in [-0.3, -0.25) is 4.68 Å². The molecule has 0 saturated carbocycles. The number of halogens is 1. The first-order valence-corrected chi connectivity index (χ1v) is 7.90. The second-order valence-electron chi connectivity index (χ2n) is 5.48. The molecule has 6 heteroatoms. The van der Waals surface area contributed by atoms with Crippen molar-refractivity contribution in [1.29, 1.82) is 0 Å². The standard InChI is InChI=1S/C18H15ClN4O/c1-24-15-4-2-13(3-5-15)11-23-9-7-16(21-23)17-12-22-8-6-14(19)10-18(22)20-17/h2-10,12H,11H2,1H3. The van der Waals surface area contributed by atoms with Gasteiger partial charge in [-0.15, -0.1) is 0 Å². The van der Waals surface area contributed by atoms with Gasteiger partial charge in [0.1, 0.15) is 22.8 Å². The third-order valence-corrected chi connectivity index (χ3v) is 4.06. The predicted octanol–water partition coefficient (Wildman–Crippen LogP) is 3.91. The number of rotatable bonds is 4. The van der Waals surface area contributed by atoms with Gasteiger partial charge in [-0.1, -0.05) is 23.7 Å². The van der Waals surface area contributed by atoms with Crippen LogP contribution in [-0.2, 0) is 6.54 Å². The van der Waals surface area contributed by atoms with Crippen molar-refractivity contribution >= 4 is 17.2 Å². The first kappa shape index (κ1) is 14.8. The molecule has 0 unspecified atom stereocenters. The van der Waals surface area contributed by atoms with Crippen molar-refractivity contribution in [2.45, 2.75) is 6.54 Å². The van der Waals surface area contributed by atoms with Crippen molar-refractivity contribution in [2.75, 3.05) is 7.11 Å². The van der Waals surface area contributed by atoms with Crippen LogP contribution in [0.25, 0.3) is 17.0 Å². The Hall–Kier alpha value is -2.79. The van der Waals surface area contributed by atoms with Crippen LogP contribution in [0.5, 0.6) is 5.75 Å². The van der Waals surface area contributed by atoms with Gasteiger partial charge < -0.3 is 9.14 Å². The highest BCUT2D eigenvalue weighted by Gasteiger charge is 2.08. The molecule has 0 spiro atoms. The molecule has 5 nitrogen and oxygen atoms in total. The molecule has 4 rings (SSSR count). The summed E-state index contributed by atoms with van der Waals surface area (Å²) in [7, 11) is 1.66. The van der Waals surface area contributed by atoms with E-state index in [4.69, 9.17) is 16.3 Å². The van der Waals surface area contributed by atoms with E-state index >= 15 is 0 Å². The maximum absolute atomic E-state index is 6.01. The molecule has 0 atom stereocenters. The Bertz CT molecular complexity index is 988. The van der Waals surface area contributed by atoms with Crippen LogP contribution in [-0.4, -0.2) is 26.3 Å². The average molecular weight is 339 g/mol. The number of fused-ring (bicyclic) bond motifs is 1. The van der Waals surface area contributed by atoms with Crippen LogP contribution in [0.4, 0.5) is 0 Å². The third-order valence-electron chi connectivity index (χ3n) is 3.83. The van der Waals surface area contributed by atoms with E-state index in [2.05, 4.69) is 10.1 Å². The highest BCUT2D eigenvalue weighted by atomic mass is 35.5. The Labute approximate surface area is 144 Å². The number of nitrogens with zero attached hydrogens (tertiary/aromatic N) is 4. The highest BCUT2D eigenvalue weighted by molar-refractivity contribution is 6.30. The minimum absolute atomic E-state index is 0.671. The molecule has 0 fully saturated rings. The van der Waals surface area contributed by atoms with Crippen molar-refractivity contribution in [3.63, 3.8) is 0 Å². The lowest BCUT2D eigenvalue weighted by molar-refractivity contribution is 0.414.